The van der Waals surface area contributed by atoms with Crippen LogP contribution in [0.5, 0.6) is 0 Å². The highest BCUT2D eigenvalue weighted by Crippen LogP contribution is 2.19. The molecule has 1 aliphatic carbocycles. The lowest BCUT2D eigenvalue weighted by atomic mass is 10.2. The zero-order chi connectivity index (χ0) is 10.7. The van der Waals surface area contributed by atoms with Crippen molar-refractivity contribution in [2.24, 2.45) is 0 Å². The van der Waals surface area contributed by atoms with Crippen LogP contribution in [0.4, 0.5) is 0 Å². The average molecular weight is 209 g/mol. The van der Waals surface area contributed by atoms with Gasteiger partial charge < -0.3 is 10.4 Å². The highest BCUT2D eigenvalue weighted by molar-refractivity contribution is 4.85. The molecule has 1 unspecified atom stereocenters. The van der Waals surface area contributed by atoms with E-state index in [-0.39, 0.29) is 12.1 Å². The van der Waals surface area contributed by atoms with Crippen LogP contribution < -0.4 is 5.32 Å². The predicted octanol–water partition coefficient (Wildman–Crippen LogP) is 0.775. The number of aromatic nitrogens is 2. The van der Waals surface area contributed by atoms with Crippen LogP contribution in [0, 0.1) is 0 Å². The fourth-order valence-electron chi connectivity index (χ4n) is 2.24. The molecule has 0 radical (unpaired) electrons. The first kappa shape index (κ1) is 10.6. The lowest BCUT2D eigenvalue weighted by Crippen LogP contribution is -2.43. The first-order valence-corrected chi connectivity index (χ1v) is 5.67. The molecule has 1 aromatic heterocycles. The SMILES string of the molecule is CC(Cn1cccn1)N[C@@H]1CCC[C@H]1O. The van der Waals surface area contributed by atoms with Gasteiger partial charge in [0.05, 0.1) is 12.6 Å². The molecule has 84 valence electrons. The number of nitrogens with one attached hydrogen (secondary N) is 1. The van der Waals surface area contributed by atoms with Crippen LogP contribution in [0.2, 0.25) is 0 Å². The van der Waals surface area contributed by atoms with Crippen molar-refractivity contribution >= 4 is 0 Å². The Hall–Kier alpha value is -0.870. The summed E-state index contributed by atoms with van der Waals surface area (Å²) in [6.45, 7) is 2.99. The second-order valence-corrected chi connectivity index (χ2v) is 4.40. The Balaban J connectivity index is 1.79. The van der Waals surface area contributed by atoms with Gasteiger partial charge in [0.15, 0.2) is 0 Å². The van der Waals surface area contributed by atoms with Crippen LogP contribution >= 0.6 is 0 Å². The normalized spacial score (nSPS) is 28.1. The summed E-state index contributed by atoms with van der Waals surface area (Å²) in [7, 11) is 0. The van der Waals surface area contributed by atoms with E-state index >= 15 is 0 Å². The minimum atomic E-state index is -0.162. The van der Waals surface area contributed by atoms with Crippen molar-refractivity contribution < 1.29 is 5.11 Å². The molecule has 0 spiro atoms. The topological polar surface area (TPSA) is 50.1 Å². The van der Waals surface area contributed by atoms with E-state index in [1.165, 1.54) is 0 Å². The van der Waals surface area contributed by atoms with E-state index < -0.39 is 0 Å². The van der Waals surface area contributed by atoms with E-state index in [9.17, 15) is 5.11 Å². The predicted molar refractivity (Wildman–Crippen MR) is 58.5 cm³/mol. The minimum Gasteiger partial charge on any atom is -0.392 e. The first-order valence-electron chi connectivity index (χ1n) is 5.67. The van der Waals surface area contributed by atoms with Crippen molar-refractivity contribution in [2.45, 2.75) is 50.9 Å². The van der Waals surface area contributed by atoms with E-state index in [2.05, 4.69) is 17.3 Å². The second kappa shape index (κ2) is 4.77. The number of nitrogens with zero attached hydrogens (tertiary/aromatic N) is 2. The molecule has 0 saturated heterocycles. The molecule has 0 bridgehead atoms. The Morgan fingerprint density at radius 3 is 3.07 bits per heavy atom. The summed E-state index contributed by atoms with van der Waals surface area (Å²) < 4.78 is 1.92. The highest BCUT2D eigenvalue weighted by atomic mass is 16.3. The van der Waals surface area contributed by atoms with Gasteiger partial charge in [-0.15, -0.1) is 0 Å². The van der Waals surface area contributed by atoms with Crippen molar-refractivity contribution in [3.8, 4) is 0 Å². The van der Waals surface area contributed by atoms with Gasteiger partial charge in [0, 0.05) is 24.5 Å². The molecular weight excluding hydrogens is 190 g/mol. The highest BCUT2D eigenvalue weighted by Gasteiger charge is 2.25. The molecule has 3 atom stereocenters. The Labute approximate surface area is 90.3 Å². The standard InChI is InChI=1S/C11H19N3O/c1-9(8-14-7-3-6-12-14)13-10-4-2-5-11(10)15/h3,6-7,9-11,13,15H,2,4-5,8H2,1H3/t9?,10-,11-/m1/s1. The van der Waals surface area contributed by atoms with E-state index in [4.69, 9.17) is 0 Å². The summed E-state index contributed by atoms with van der Waals surface area (Å²) >= 11 is 0. The number of hydrogen-bond acceptors (Lipinski definition) is 3. The summed E-state index contributed by atoms with van der Waals surface area (Å²) in [5.41, 5.74) is 0. The number of aliphatic hydroxyl groups is 1. The van der Waals surface area contributed by atoms with Crippen molar-refractivity contribution in [3.05, 3.63) is 18.5 Å². The molecule has 2 rings (SSSR count). The lowest BCUT2D eigenvalue weighted by Gasteiger charge is -2.22. The van der Waals surface area contributed by atoms with Gasteiger partial charge in [-0.1, -0.05) is 0 Å². The summed E-state index contributed by atoms with van der Waals surface area (Å²) in [4.78, 5) is 0. The molecule has 0 aliphatic heterocycles. The minimum absolute atomic E-state index is 0.162. The molecule has 0 amide bonds. The zero-order valence-electron chi connectivity index (χ0n) is 9.13. The summed E-state index contributed by atoms with van der Waals surface area (Å²) in [5, 5.41) is 17.3. The van der Waals surface area contributed by atoms with E-state index in [1.807, 2.05) is 16.9 Å². The molecule has 1 aromatic rings. The van der Waals surface area contributed by atoms with Crippen LogP contribution in [-0.4, -0.2) is 33.1 Å². The van der Waals surface area contributed by atoms with E-state index in [0.717, 1.165) is 25.8 Å². The summed E-state index contributed by atoms with van der Waals surface area (Å²) in [6, 6.07) is 2.55. The fraction of sp³-hybridized carbons (Fsp3) is 0.727. The molecule has 2 N–H and O–H groups in total. The number of rotatable bonds is 4. The Morgan fingerprint density at radius 2 is 2.47 bits per heavy atom. The molecule has 4 nitrogen and oxygen atoms in total. The maximum Gasteiger partial charge on any atom is 0.0693 e. The Morgan fingerprint density at radius 1 is 1.60 bits per heavy atom. The van der Waals surface area contributed by atoms with Crippen LogP contribution in [0.1, 0.15) is 26.2 Å². The third kappa shape index (κ3) is 2.79. The molecular formula is C11H19N3O. The van der Waals surface area contributed by atoms with Crippen LogP contribution in [0.3, 0.4) is 0 Å². The van der Waals surface area contributed by atoms with Crippen molar-refractivity contribution in [2.75, 3.05) is 0 Å². The molecule has 1 saturated carbocycles. The van der Waals surface area contributed by atoms with Gasteiger partial charge in [-0.3, -0.25) is 4.68 Å². The molecule has 15 heavy (non-hydrogen) atoms. The largest absolute Gasteiger partial charge is 0.392 e. The van der Waals surface area contributed by atoms with Crippen molar-refractivity contribution in [1.82, 2.24) is 15.1 Å². The lowest BCUT2D eigenvalue weighted by molar-refractivity contribution is 0.142. The molecule has 1 heterocycles. The average Bonchev–Trinajstić information content (AvgIpc) is 2.79. The maximum atomic E-state index is 9.68. The van der Waals surface area contributed by atoms with Crippen LogP contribution in [0.15, 0.2) is 18.5 Å². The quantitative estimate of drug-likeness (QED) is 0.770. The smallest absolute Gasteiger partial charge is 0.0693 e. The van der Waals surface area contributed by atoms with E-state index in [1.54, 1.807) is 6.20 Å². The number of aliphatic hydroxyl groups excluding tert-OH is 1. The molecule has 0 aromatic carbocycles. The van der Waals surface area contributed by atoms with Gasteiger partial charge in [-0.2, -0.15) is 5.10 Å². The fourth-order valence-corrected chi connectivity index (χ4v) is 2.24. The zero-order valence-corrected chi connectivity index (χ0v) is 9.13. The van der Waals surface area contributed by atoms with Gasteiger partial charge in [0.1, 0.15) is 0 Å². The molecule has 1 fully saturated rings. The van der Waals surface area contributed by atoms with E-state index in [0.29, 0.717) is 6.04 Å². The van der Waals surface area contributed by atoms with Gasteiger partial charge in [-0.05, 0) is 32.3 Å². The molecule has 4 heteroatoms. The molecule has 1 aliphatic rings. The van der Waals surface area contributed by atoms with Crippen LogP contribution in [-0.2, 0) is 6.54 Å². The van der Waals surface area contributed by atoms with Crippen molar-refractivity contribution in [3.63, 3.8) is 0 Å². The van der Waals surface area contributed by atoms with Gasteiger partial charge in [0.2, 0.25) is 0 Å². The summed E-state index contributed by atoms with van der Waals surface area (Å²) in [5.74, 6) is 0. The number of hydrogen-bond donors (Lipinski definition) is 2. The Bertz CT molecular complexity index is 286. The summed E-state index contributed by atoms with van der Waals surface area (Å²) in [6.07, 6.45) is 6.75. The third-order valence-electron chi connectivity index (χ3n) is 3.00. The Kier molecular flexibility index (Phi) is 3.38. The van der Waals surface area contributed by atoms with Crippen LogP contribution in [0.25, 0.3) is 0 Å². The first-order chi connectivity index (χ1) is 7.25. The van der Waals surface area contributed by atoms with Gasteiger partial charge in [0.25, 0.3) is 0 Å². The second-order valence-electron chi connectivity index (χ2n) is 4.40. The van der Waals surface area contributed by atoms with Crippen molar-refractivity contribution in [1.29, 1.82) is 0 Å². The van der Waals surface area contributed by atoms with Gasteiger partial charge >= 0.3 is 0 Å². The third-order valence-corrected chi connectivity index (χ3v) is 3.00. The van der Waals surface area contributed by atoms with Gasteiger partial charge in [-0.25, -0.2) is 0 Å². The maximum absolute atomic E-state index is 9.68. The monoisotopic (exact) mass is 209 g/mol.